The second kappa shape index (κ2) is 8.33. The Balaban J connectivity index is 2.66. The van der Waals surface area contributed by atoms with Gasteiger partial charge < -0.3 is 20.6 Å². The molecule has 0 aliphatic carbocycles. The molecule has 0 aromatic rings. The summed E-state index contributed by atoms with van der Waals surface area (Å²) in [5, 5.41) is 10.6. The van der Waals surface area contributed by atoms with Gasteiger partial charge in [-0.3, -0.25) is 19.7 Å². The van der Waals surface area contributed by atoms with E-state index in [1.165, 1.54) is 0 Å². The fourth-order valence-corrected chi connectivity index (χ4v) is 2.02. The van der Waals surface area contributed by atoms with Gasteiger partial charge in [0.15, 0.2) is 0 Å². The first-order valence-electron chi connectivity index (χ1n) is 6.45. The molecule has 0 saturated carbocycles. The van der Waals surface area contributed by atoms with E-state index < -0.39 is 48.4 Å². The number of nitrogens with one attached hydrogen (secondary N) is 2. The lowest BCUT2D eigenvalue weighted by molar-refractivity contribution is -0.154. The van der Waals surface area contributed by atoms with Crippen molar-refractivity contribution in [2.24, 2.45) is 5.73 Å². The summed E-state index contributed by atoms with van der Waals surface area (Å²) in [5.41, 5.74) is 7.10. The number of imide groups is 1. The molecule has 0 aromatic carbocycles. The monoisotopic (exact) mass is 348 g/mol. The van der Waals surface area contributed by atoms with Gasteiger partial charge in [-0.1, -0.05) is 0 Å². The van der Waals surface area contributed by atoms with Crippen molar-refractivity contribution in [3.8, 4) is 0 Å². The Hall–Kier alpha value is -2.34. The molecule has 1 rings (SSSR count). The van der Waals surface area contributed by atoms with Crippen LogP contribution < -0.4 is 16.5 Å². The Labute approximate surface area is 135 Å². The minimum atomic E-state index is -1.27. The van der Waals surface area contributed by atoms with Gasteiger partial charge in [0.1, 0.15) is 18.6 Å². The summed E-state index contributed by atoms with van der Waals surface area (Å²) in [7, 11) is 0. The lowest BCUT2D eigenvalue weighted by atomic mass is 10.1. The molecule has 128 valence electrons. The zero-order chi connectivity index (χ0) is 17.6. The van der Waals surface area contributed by atoms with E-state index in [0.717, 1.165) is 4.90 Å². The number of urea groups is 1. The molecule has 1 aliphatic heterocycles. The Morgan fingerprint density at radius 3 is 2.70 bits per heavy atom. The van der Waals surface area contributed by atoms with Crippen molar-refractivity contribution in [1.82, 2.24) is 15.7 Å². The highest BCUT2D eigenvalue weighted by atomic mass is 32.1. The van der Waals surface area contributed by atoms with E-state index in [1.807, 2.05) is 10.8 Å². The number of amides is 4. The van der Waals surface area contributed by atoms with Crippen molar-refractivity contribution < 1.29 is 33.9 Å². The van der Waals surface area contributed by atoms with Crippen LogP contribution >= 0.6 is 12.6 Å². The highest BCUT2D eigenvalue weighted by Crippen LogP contribution is 2.07. The Morgan fingerprint density at radius 1 is 1.48 bits per heavy atom. The standard InChI is InChI=1S/C11H16N4O7S/c12-5(10(19)20)1-2-7(16)13-11(21)15-3-8(17)22-14-9(18)6(15)4-23/h5-6,23H,1-4,12H2,(H,14,18)(H,19,20)(H,13,16,21)/t5-,6-/m0/s1. The second-order valence-corrected chi connectivity index (χ2v) is 4.97. The van der Waals surface area contributed by atoms with Gasteiger partial charge in [0.05, 0.1) is 0 Å². The minimum Gasteiger partial charge on any atom is -0.480 e. The average molecular weight is 348 g/mol. The van der Waals surface area contributed by atoms with Crippen molar-refractivity contribution in [2.75, 3.05) is 12.3 Å². The largest absolute Gasteiger partial charge is 0.480 e. The zero-order valence-electron chi connectivity index (χ0n) is 11.9. The number of thiol groups is 1. The number of hydrogen-bond donors (Lipinski definition) is 5. The Morgan fingerprint density at radius 2 is 2.13 bits per heavy atom. The van der Waals surface area contributed by atoms with Crippen molar-refractivity contribution in [3.63, 3.8) is 0 Å². The molecule has 4 amide bonds. The van der Waals surface area contributed by atoms with Gasteiger partial charge in [0.2, 0.25) is 5.91 Å². The third kappa shape index (κ3) is 5.41. The normalized spacial score (nSPS) is 19.2. The molecule has 1 heterocycles. The first kappa shape index (κ1) is 18.7. The average Bonchev–Trinajstić information content (AvgIpc) is 2.63. The summed E-state index contributed by atoms with van der Waals surface area (Å²) in [4.78, 5) is 62.3. The Kier molecular flexibility index (Phi) is 6.78. The third-order valence-electron chi connectivity index (χ3n) is 2.92. The van der Waals surface area contributed by atoms with Gasteiger partial charge in [-0.15, -0.1) is 0 Å². The minimum absolute atomic E-state index is 0.103. The first-order chi connectivity index (χ1) is 10.8. The highest BCUT2D eigenvalue weighted by molar-refractivity contribution is 7.80. The predicted octanol–water partition coefficient (Wildman–Crippen LogP) is -2.40. The van der Waals surface area contributed by atoms with E-state index in [1.54, 1.807) is 0 Å². The van der Waals surface area contributed by atoms with E-state index >= 15 is 0 Å². The van der Waals surface area contributed by atoms with Gasteiger partial charge in [-0.05, 0) is 6.42 Å². The van der Waals surface area contributed by atoms with Gasteiger partial charge in [0.25, 0.3) is 5.91 Å². The van der Waals surface area contributed by atoms with Crippen LogP contribution in [0.2, 0.25) is 0 Å². The number of hydrogen-bond acceptors (Lipinski definition) is 8. The van der Waals surface area contributed by atoms with Crippen LogP contribution in [0, 0.1) is 0 Å². The third-order valence-corrected chi connectivity index (χ3v) is 3.27. The van der Waals surface area contributed by atoms with Crippen molar-refractivity contribution >= 4 is 42.4 Å². The summed E-state index contributed by atoms with van der Waals surface area (Å²) in [5.74, 6) is -3.82. The summed E-state index contributed by atoms with van der Waals surface area (Å²) < 4.78 is 0. The first-order valence-corrected chi connectivity index (χ1v) is 7.08. The summed E-state index contributed by atoms with van der Waals surface area (Å²) >= 11 is 3.92. The van der Waals surface area contributed by atoms with Gasteiger partial charge in [-0.2, -0.15) is 18.1 Å². The zero-order valence-corrected chi connectivity index (χ0v) is 12.7. The molecule has 0 bridgehead atoms. The molecule has 23 heavy (non-hydrogen) atoms. The SMILES string of the molecule is N[C@@H](CCC(=O)NC(=O)N1CC(=O)ONC(=O)[C@@H]1CS)C(=O)O. The second-order valence-electron chi connectivity index (χ2n) is 4.60. The lowest BCUT2D eigenvalue weighted by Gasteiger charge is -2.25. The topological polar surface area (TPSA) is 168 Å². The fraction of sp³-hybridized carbons (Fsp3) is 0.545. The molecule has 5 N–H and O–H groups in total. The van der Waals surface area contributed by atoms with E-state index in [4.69, 9.17) is 10.8 Å². The summed E-state index contributed by atoms with van der Waals surface area (Å²) in [6.45, 7) is -0.558. The van der Waals surface area contributed by atoms with Crippen LogP contribution in [0.4, 0.5) is 4.79 Å². The molecule has 0 unspecified atom stereocenters. The van der Waals surface area contributed by atoms with E-state index in [9.17, 15) is 24.0 Å². The lowest BCUT2D eigenvalue weighted by Crippen LogP contribution is -2.53. The molecule has 0 spiro atoms. The highest BCUT2D eigenvalue weighted by Gasteiger charge is 2.35. The maximum atomic E-state index is 12.0. The van der Waals surface area contributed by atoms with Crippen LogP contribution in [0.3, 0.4) is 0 Å². The van der Waals surface area contributed by atoms with Crippen molar-refractivity contribution in [2.45, 2.75) is 24.9 Å². The van der Waals surface area contributed by atoms with Crippen molar-refractivity contribution in [3.05, 3.63) is 0 Å². The molecule has 0 radical (unpaired) electrons. The fourth-order valence-electron chi connectivity index (χ4n) is 1.66. The predicted molar refractivity (Wildman–Crippen MR) is 77.0 cm³/mol. The maximum Gasteiger partial charge on any atom is 0.351 e. The van der Waals surface area contributed by atoms with Crippen LogP contribution in [0.25, 0.3) is 0 Å². The van der Waals surface area contributed by atoms with Crippen LogP contribution in [0.5, 0.6) is 0 Å². The van der Waals surface area contributed by atoms with Crippen LogP contribution in [-0.4, -0.2) is 64.2 Å². The number of hydroxylamine groups is 1. The van der Waals surface area contributed by atoms with E-state index in [-0.39, 0.29) is 18.6 Å². The molecule has 0 aromatic heterocycles. The smallest absolute Gasteiger partial charge is 0.351 e. The number of carboxylic acids is 1. The van der Waals surface area contributed by atoms with E-state index in [2.05, 4.69) is 17.5 Å². The van der Waals surface area contributed by atoms with E-state index in [0.29, 0.717) is 0 Å². The molecular formula is C11H16N4O7S. The number of nitrogens with zero attached hydrogens (tertiary/aromatic N) is 1. The summed E-state index contributed by atoms with van der Waals surface area (Å²) in [6.07, 6.45) is -0.484. The number of carbonyl (C=O) groups excluding carboxylic acids is 4. The number of carboxylic acid groups (broad SMARTS) is 1. The summed E-state index contributed by atoms with van der Waals surface area (Å²) in [6, 6.07) is -3.34. The van der Waals surface area contributed by atoms with Gasteiger partial charge in [0, 0.05) is 12.2 Å². The number of carbonyl (C=O) groups is 5. The number of rotatable bonds is 5. The maximum absolute atomic E-state index is 12.0. The Bertz CT molecular complexity index is 527. The van der Waals surface area contributed by atoms with Crippen molar-refractivity contribution in [1.29, 1.82) is 0 Å². The molecular weight excluding hydrogens is 332 g/mol. The molecule has 1 aliphatic rings. The van der Waals surface area contributed by atoms with Crippen LogP contribution in [0.15, 0.2) is 0 Å². The molecule has 1 fully saturated rings. The molecule has 11 nitrogen and oxygen atoms in total. The van der Waals surface area contributed by atoms with Crippen LogP contribution in [0.1, 0.15) is 12.8 Å². The molecule has 2 atom stereocenters. The quantitative estimate of drug-likeness (QED) is 0.343. The van der Waals surface area contributed by atoms with Gasteiger partial charge in [-0.25, -0.2) is 9.59 Å². The van der Waals surface area contributed by atoms with Crippen LogP contribution in [-0.2, 0) is 24.0 Å². The molecule has 1 saturated heterocycles. The molecule has 12 heteroatoms. The number of aliphatic carboxylic acids is 1. The number of nitrogens with two attached hydrogens (primary N) is 1. The van der Waals surface area contributed by atoms with Gasteiger partial charge >= 0.3 is 18.0 Å².